The Bertz CT molecular complexity index is 851. The van der Waals surface area contributed by atoms with Crippen LogP contribution in [0.4, 0.5) is 0 Å². The van der Waals surface area contributed by atoms with Gasteiger partial charge in [-0.3, -0.25) is 0 Å². The van der Waals surface area contributed by atoms with Crippen molar-refractivity contribution in [1.29, 1.82) is 0 Å². The second kappa shape index (κ2) is 9.02. The van der Waals surface area contributed by atoms with E-state index in [1.165, 1.54) is 29.1 Å². The van der Waals surface area contributed by atoms with E-state index in [1.54, 1.807) is 5.57 Å². The molecule has 0 unspecified atom stereocenters. The molecule has 0 saturated carbocycles. The molecule has 28 heavy (non-hydrogen) atoms. The van der Waals surface area contributed by atoms with Gasteiger partial charge in [0.2, 0.25) is 0 Å². The van der Waals surface area contributed by atoms with Crippen LogP contribution in [0, 0.1) is 0 Å². The van der Waals surface area contributed by atoms with Crippen LogP contribution in [0.1, 0.15) is 30.0 Å². The molecule has 1 heteroatoms. The molecule has 1 aliphatic carbocycles. The summed E-state index contributed by atoms with van der Waals surface area (Å²) in [6.45, 7) is 2.34. The standard InChI is InChI=1S/3C7H7.C6H7.Zr/c3*1-7-5-3-2-4-6-7;1-6-4-2-3-5-6;/h3*2-6H,1H2;2,4H,3H2,1H3;. The molecular weight excluding hydrogens is 416 g/mol. The SMILES string of the molecule is CC1=[C]([Zr]([CH2]c2ccccc2)([CH2]c2ccccc2)[CH2]c2ccccc2)CC=C1. The Morgan fingerprint density at radius 2 is 1.00 bits per heavy atom. The van der Waals surface area contributed by atoms with Crippen molar-refractivity contribution in [2.75, 3.05) is 0 Å². The van der Waals surface area contributed by atoms with Crippen molar-refractivity contribution < 1.29 is 20.3 Å². The molecule has 0 amide bonds. The first-order valence-electron chi connectivity index (χ1n) is 10.2. The van der Waals surface area contributed by atoms with E-state index in [-0.39, 0.29) is 0 Å². The van der Waals surface area contributed by atoms with E-state index in [9.17, 15) is 0 Å². The summed E-state index contributed by atoms with van der Waals surface area (Å²) in [7, 11) is 0. The molecule has 0 fully saturated rings. The first-order valence-corrected chi connectivity index (χ1v) is 16.7. The van der Waals surface area contributed by atoms with Gasteiger partial charge < -0.3 is 0 Å². The molecule has 0 radical (unpaired) electrons. The van der Waals surface area contributed by atoms with E-state index in [0.29, 0.717) is 0 Å². The summed E-state index contributed by atoms with van der Waals surface area (Å²) < 4.78 is 5.63. The summed E-state index contributed by atoms with van der Waals surface area (Å²) in [5, 5.41) is 0. The molecular formula is C27H28Zr. The zero-order valence-corrected chi connectivity index (χ0v) is 19.1. The van der Waals surface area contributed by atoms with Crippen molar-refractivity contribution in [3.05, 3.63) is 129 Å². The van der Waals surface area contributed by atoms with Crippen LogP contribution in [0.2, 0.25) is 0 Å². The van der Waals surface area contributed by atoms with Crippen LogP contribution in [0.3, 0.4) is 0 Å². The Labute approximate surface area is 174 Å². The predicted octanol–water partition coefficient (Wildman–Crippen LogP) is 6.97. The Morgan fingerprint density at radius 1 is 0.607 bits per heavy atom. The number of rotatable bonds is 7. The topological polar surface area (TPSA) is 0 Å². The van der Waals surface area contributed by atoms with Crippen molar-refractivity contribution in [1.82, 2.24) is 0 Å². The van der Waals surface area contributed by atoms with E-state index in [4.69, 9.17) is 0 Å². The van der Waals surface area contributed by atoms with Crippen LogP contribution in [-0.4, -0.2) is 0 Å². The molecule has 3 aromatic carbocycles. The van der Waals surface area contributed by atoms with Gasteiger partial charge in [0.05, 0.1) is 0 Å². The number of hydrogen-bond donors (Lipinski definition) is 0. The van der Waals surface area contributed by atoms with Gasteiger partial charge in [0, 0.05) is 0 Å². The normalized spacial score (nSPS) is 13.9. The summed E-state index contributed by atoms with van der Waals surface area (Å²) in [5.41, 5.74) is 6.07. The zero-order chi connectivity index (χ0) is 19.2. The van der Waals surface area contributed by atoms with Crippen molar-refractivity contribution in [3.8, 4) is 0 Å². The second-order valence-corrected chi connectivity index (χ2v) is 18.4. The number of hydrogen-bond acceptors (Lipinski definition) is 0. The molecule has 0 aromatic heterocycles. The van der Waals surface area contributed by atoms with Gasteiger partial charge in [0.15, 0.2) is 0 Å². The van der Waals surface area contributed by atoms with Gasteiger partial charge in [-0.2, -0.15) is 0 Å². The minimum atomic E-state index is -2.81. The van der Waals surface area contributed by atoms with Gasteiger partial charge in [-0.15, -0.1) is 0 Å². The molecule has 0 nitrogen and oxygen atoms in total. The molecule has 0 spiro atoms. The first-order chi connectivity index (χ1) is 13.8. The van der Waals surface area contributed by atoms with E-state index in [1.807, 2.05) is 3.28 Å². The number of benzene rings is 3. The van der Waals surface area contributed by atoms with Gasteiger partial charge in [-0.25, -0.2) is 0 Å². The fraction of sp³-hybridized carbons (Fsp3) is 0.185. The van der Waals surface area contributed by atoms with Crippen molar-refractivity contribution in [2.45, 2.75) is 25.7 Å². The Kier molecular flexibility index (Phi) is 6.23. The third-order valence-corrected chi connectivity index (χ3v) is 18.6. The maximum atomic E-state index is 2.39. The molecule has 4 rings (SSSR count). The Balaban J connectivity index is 1.81. The van der Waals surface area contributed by atoms with Crippen LogP contribution in [0.5, 0.6) is 0 Å². The first kappa shape index (κ1) is 19.3. The summed E-state index contributed by atoms with van der Waals surface area (Å²) in [6, 6.07) is 33.6. The summed E-state index contributed by atoms with van der Waals surface area (Å²) in [4.78, 5) is 0. The van der Waals surface area contributed by atoms with Crippen LogP contribution in [0.15, 0.2) is 112 Å². The van der Waals surface area contributed by atoms with Crippen molar-refractivity contribution >= 4 is 0 Å². The monoisotopic (exact) mass is 442 g/mol. The molecule has 0 heterocycles. The molecule has 0 aliphatic heterocycles. The predicted molar refractivity (Wildman–Crippen MR) is 117 cm³/mol. The third-order valence-electron chi connectivity index (χ3n) is 5.96. The van der Waals surface area contributed by atoms with Gasteiger partial charge in [0.25, 0.3) is 0 Å². The third kappa shape index (κ3) is 4.53. The Hall–Kier alpha value is -1.98. The quantitative estimate of drug-likeness (QED) is 0.370. The van der Waals surface area contributed by atoms with Gasteiger partial charge in [-0.05, 0) is 0 Å². The fourth-order valence-corrected chi connectivity index (χ4v) is 18.3. The van der Waals surface area contributed by atoms with Crippen molar-refractivity contribution in [2.24, 2.45) is 0 Å². The van der Waals surface area contributed by atoms with Crippen LogP contribution >= 0.6 is 0 Å². The minimum absolute atomic E-state index is 1.16. The molecule has 0 bridgehead atoms. The van der Waals surface area contributed by atoms with Crippen LogP contribution in [-0.2, 0) is 32.7 Å². The van der Waals surface area contributed by atoms with Gasteiger partial charge in [0.1, 0.15) is 0 Å². The molecule has 0 atom stereocenters. The van der Waals surface area contributed by atoms with Crippen LogP contribution < -0.4 is 0 Å². The summed E-state index contributed by atoms with van der Waals surface area (Å²) in [5.74, 6) is 0. The van der Waals surface area contributed by atoms with Gasteiger partial charge in [-0.1, -0.05) is 0 Å². The molecule has 140 valence electrons. The van der Waals surface area contributed by atoms with Gasteiger partial charge >= 0.3 is 175 Å². The average molecular weight is 444 g/mol. The molecule has 3 aromatic rings. The second-order valence-electron chi connectivity index (χ2n) is 8.04. The molecule has 0 saturated heterocycles. The van der Waals surface area contributed by atoms with E-state index in [0.717, 1.165) is 6.42 Å². The maximum absolute atomic E-state index is 2.81. The van der Waals surface area contributed by atoms with E-state index >= 15 is 0 Å². The number of allylic oxidation sites excluding steroid dienone is 4. The zero-order valence-electron chi connectivity index (χ0n) is 16.6. The van der Waals surface area contributed by atoms with Crippen LogP contribution in [0.25, 0.3) is 0 Å². The Morgan fingerprint density at radius 3 is 1.32 bits per heavy atom. The van der Waals surface area contributed by atoms with Crippen molar-refractivity contribution in [3.63, 3.8) is 0 Å². The van der Waals surface area contributed by atoms with E-state index < -0.39 is 20.3 Å². The molecule has 0 N–H and O–H groups in total. The molecule has 1 aliphatic rings. The summed E-state index contributed by atoms with van der Waals surface area (Å²) in [6.07, 6.45) is 5.91. The average Bonchev–Trinajstić information content (AvgIpc) is 3.17. The van der Waals surface area contributed by atoms with E-state index in [2.05, 4.69) is 110 Å². The fourth-order valence-electron chi connectivity index (χ4n) is 4.72. The summed E-state index contributed by atoms with van der Waals surface area (Å²) >= 11 is -2.81.